The number of hydrogen-bond donors (Lipinski definition) is 1. The molecule has 1 aromatic carbocycles. The molecular formula is C13H17N3. The molecule has 0 saturated heterocycles. The van der Waals surface area contributed by atoms with Crippen molar-refractivity contribution in [1.82, 2.24) is 9.78 Å². The van der Waals surface area contributed by atoms with Gasteiger partial charge in [-0.05, 0) is 25.0 Å². The van der Waals surface area contributed by atoms with Crippen LogP contribution in [-0.4, -0.2) is 9.78 Å². The van der Waals surface area contributed by atoms with Crippen LogP contribution in [0.1, 0.15) is 16.7 Å². The lowest BCUT2D eigenvalue weighted by Crippen LogP contribution is -2.00. The number of benzene rings is 1. The minimum atomic E-state index is 0.846. The fourth-order valence-corrected chi connectivity index (χ4v) is 1.70. The van der Waals surface area contributed by atoms with Crippen LogP contribution in [0.25, 0.3) is 0 Å². The van der Waals surface area contributed by atoms with Crippen molar-refractivity contribution in [3.05, 3.63) is 47.3 Å². The van der Waals surface area contributed by atoms with Gasteiger partial charge in [0.2, 0.25) is 0 Å². The fraction of sp³-hybridized carbons (Fsp3) is 0.308. The molecule has 0 atom stereocenters. The van der Waals surface area contributed by atoms with Crippen molar-refractivity contribution in [3.8, 4) is 0 Å². The Bertz CT molecular complexity index is 486. The van der Waals surface area contributed by atoms with E-state index in [1.54, 1.807) is 4.68 Å². The van der Waals surface area contributed by atoms with Crippen LogP contribution in [-0.2, 0) is 13.6 Å². The third kappa shape index (κ3) is 2.42. The molecule has 0 fully saturated rings. The second-order valence-electron chi connectivity index (χ2n) is 4.19. The molecule has 0 aliphatic rings. The first-order chi connectivity index (χ1) is 7.65. The summed E-state index contributed by atoms with van der Waals surface area (Å²) in [4.78, 5) is 0. The minimum absolute atomic E-state index is 0.846. The van der Waals surface area contributed by atoms with Crippen LogP contribution < -0.4 is 5.32 Å². The molecule has 1 heterocycles. The van der Waals surface area contributed by atoms with Gasteiger partial charge in [-0.25, -0.2) is 0 Å². The monoisotopic (exact) mass is 215 g/mol. The summed E-state index contributed by atoms with van der Waals surface area (Å²) < 4.78 is 1.80. The first-order valence-corrected chi connectivity index (χ1v) is 5.44. The second kappa shape index (κ2) is 4.39. The van der Waals surface area contributed by atoms with Crippen molar-refractivity contribution in [2.24, 2.45) is 7.05 Å². The summed E-state index contributed by atoms with van der Waals surface area (Å²) in [6.45, 7) is 5.10. The molecule has 2 rings (SSSR count). The van der Waals surface area contributed by atoms with Gasteiger partial charge in [-0.15, -0.1) is 0 Å². The predicted octanol–water partition coefficient (Wildman–Crippen LogP) is 2.65. The molecule has 2 aromatic rings. The fourth-order valence-electron chi connectivity index (χ4n) is 1.70. The average Bonchev–Trinajstić information content (AvgIpc) is 2.66. The third-order valence-corrected chi connectivity index (χ3v) is 2.69. The Morgan fingerprint density at radius 3 is 2.81 bits per heavy atom. The molecule has 1 aromatic heterocycles. The Balaban J connectivity index is 2.07. The van der Waals surface area contributed by atoms with E-state index < -0.39 is 0 Å². The lowest BCUT2D eigenvalue weighted by atomic mass is 10.1. The molecule has 0 unspecified atom stereocenters. The highest BCUT2D eigenvalue weighted by molar-refractivity contribution is 5.41. The molecule has 0 amide bonds. The molecule has 1 N–H and O–H groups in total. The van der Waals surface area contributed by atoms with Crippen molar-refractivity contribution in [1.29, 1.82) is 0 Å². The molecule has 0 spiro atoms. The highest BCUT2D eigenvalue weighted by atomic mass is 15.3. The van der Waals surface area contributed by atoms with Gasteiger partial charge in [0, 0.05) is 19.8 Å². The van der Waals surface area contributed by atoms with Crippen LogP contribution in [0, 0.1) is 13.8 Å². The number of rotatable bonds is 3. The van der Waals surface area contributed by atoms with E-state index in [1.807, 2.05) is 19.4 Å². The summed E-state index contributed by atoms with van der Waals surface area (Å²) in [5, 5.41) is 7.49. The molecule has 0 bridgehead atoms. The Hall–Kier alpha value is -1.77. The second-order valence-corrected chi connectivity index (χ2v) is 4.19. The SMILES string of the molecule is Cc1ccc(C)c(CNc2cnn(C)c2)c1. The van der Waals surface area contributed by atoms with Crippen molar-refractivity contribution >= 4 is 5.69 Å². The third-order valence-electron chi connectivity index (χ3n) is 2.69. The number of anilines is 1. The smallest absolute Gasteiger partial charge is 0.0729 e. The van der Waals surface area contributed by atoms with Gasteiger partial charge in [0.1, 0.15) is 0 Å². The number of aromatic nitrogens is 2. The number of aryl methyl sites for hydroxylation is 3. The molecule has 0 radical (unpaired) electrons. The zero-order valence-corrected chi connectivity index (χ0v) is 9.99. The maximum Gasteiger partial charge on any atom is 0.0729 e. The van der Waals surface area contributed by atoms with E-state index in [-0.39, 0.29) is 0 Å². The van der Waals surface area contributed by atoms with Crippen LogP contribution in [0.2, 0.25) is 0 Å². The summed E-state index contributed by atoms with van der Waals surface area (Å²) in [7, 11) is 1.92. The highest BCUT2D eigenvalue weighted by Crippen LogP contribution is 2.13. The molecule has 16 heavy (non-hydrogen) atoms. The van der Waals surface area contributed by atoms with Crippen LogP contribution in [0.5, 0.6) is 0 Å². The van der Waals surface area contributed by atoms with Gasteiger partial charge in [0.05, 0.1) is 11.9 Å². The van der Waals surface area contributed by atoms with Gasteiger partial charge in [-0.2, -0.15) is 5.10 Å². The first-order valence-electron chi connectivity index (χ1n) is 5.44. The molecule has 0 aliphatic heterocycles. The van der Waals surface area contributed by atoms with Gasteiger partial charge in [-0.1, -0.05) is 23.8 Å². The van der Waals surface area contributed by atoms with Crippen LogP contribution >= 0.6 is 0 Å². The molecule has 0 saturated carbocycles. The lowest BCUT2D eigenvalue weighted by Gasteiger charge is -2.08. The van der Waals surface area contributed by atoms with Crippen molar-refractivity contribution in [3.63, 3.8) is 0 Å². The average molecular weight is 215 g/mol. The summed E-state index contributed by atoms with van der Waals surface area (Å²) in [5.74, 6) is 0. The Morgan fingerprint density at radius 2 is 2.12 bits per heavy atom. The predicted molar refractivity (Wildman–Crippen MR) is 66.5 cm³/mol. The molecule has 3 nitrogen and oxygen atoms in total. The molecule has 3 heteroatoms. The van der Waals surface area contributed by atoms with E-state index in [4.69, 9.17) is 0 Å². The number of nitrogens with zero attached hydrogens (tertiary/aromatic N) is 2. The van der Waals surface area contributed by atoms with Gasteiger partial charge in [-0.3, -0.25) is 4.68 Å². The van der Waals surface area contributed by atoms with Crippen LogP contribution in [0.4, 0.5) is 5.69 Å². The van der Waals surface area contributed by atoms with Gasteiger partial charge < -0.3 is 5.32 Å². The van der Waals surface area contributed by atoms with Gasteiger partial charge in [0.25, 0.3) is 0 Å². The zero-order chi connectivity index (χ0) is 11.5. The van der Waals surface area contributed by atoms with E-state index in [0.717, 1.165) is 12.2 Å². The van der Waals surface area contributed by atoms with E-state index in [1.165, 1.54) is 16.7 Å². The maximum atomic E-state index is 4.12. The zero-order valence-electron chi connectivity index (χ0n) is 9.99. The minimum Gasteiger partial charge on any atom is -0.378 e. The molecule has 0 aliphatic carbocycles. The van der Waals surface area contributed by atoms with Crippen LogP contribution in [0.15, 0.2) is 30.6 Å². The Kier molecular flexibility index (Phi) is 2.95. The summed E-state index contributed by atoms with van der Waals surface area (Å²) in [6, 6.07) is 6.52. The molecular weight excluding hydrogens is 198 g/mol. The summed E-state index contributed by atoms with van der Waals surface area (Å²) in [5.41, 5.74) is 5.02. The van der Waals surface area contributed by atoms with Crippen molar-refractivity contribution < 1.29 is 0 Å². The van der Waals surface area contributed by atoms with Crippen molar-refractivity contribution in [2.45, 2.75) is 20.4 Å². The Morgan fingerprint density at radius 1 is 1.31 bits per heavy atom. The largest absolute Gasteiger partial charge is 0.378 e. The van der Waals surface area contributed by atoms with Crippen LogP contribution in [0.3, 0.4) is 0 Å². The number of hydrogen-bond acceptors (Lipinski definition) is 2. The van der Waals surface area contributed by atoms with Gasteiger partial charge >= 0.3 is 0 Å². The standard InChI is InChI=1S/C13H17N3/c1-10-4-5-11(2)12(6-10)7-14-13-8-15-16(3)9-13/h4-6,8-9,14H,7H2,1-3H3. The van der Waals surface area contributed by atoms with Gasteiger partial charge in [0.15, 0.2) is 0 Å². The molecule has 84 valence electrons. The van der Waals surface area contributed by atoms with E-state index in [2.05, 4.69) is 42.5 Å². The van der Waals surface area contributed by atoms with E-state index in [9.17, 15) is 0 Å². The number of nitrogens with one attached hydrogen (secondary N) is 1. The highest BCUT2D eigenvalue weighted by Gasteiger charge is 2.00. The summed E-state index contributed by atoms with van der Waals surface area (Å²) >= 11 is 0. The topological polar surface area (TPSA) is 29.9 Å². The normalized spacial score (nSPS) is 10.4. The quantitative estimate of drug-likeness (QED) is 0.853. The van der Waals surface area contributed by atoms with Crippen molar-refractivity contribution in [2.75, 3.05) is 5.32 Å². The Labute approximate surface area is 96.1 Å². The van der Waals surface area contributed by atoms with E-state index in [0.29, 0.717) is 0 Å². The maximum absolute atomic E-state index is 4.12. The first kappa shape index (κ1) is 10.7. The van der Waals surface area contributed by atoms with E-state index >= 15 is 0 Å². The lowest BCUT2D eigenvalue weighted by molar-refractivity contribution is 0.768. The summed E-state index contributed by atoms with van der Waals surface area (Å²) in [6.07, 6.45) is 3.82.